The second-order valence-corrected chi connectivity index (χ2v) is 32.9. The quantitative estimate of drug-likeness (QED) is 0.0327. The van der Waals surface area contributed by atoms with Gasteiger partial charge < -0.3 is 67.6 Å². The Morgan fingerprint density at radius 1 is 0.544 bits per heavy atom. The molecule has 0 aliphatic carbocycles. The molecule has 6 N–H and O–H groups in total. The van der Waals surface area contributed by atoms with E-state index in [0.717, 1.165) is 108 Å². The summed E-state index contributed by atoms with van der Waals surface area (Å²) >= 11 is 1.85. The van der Waals surface area contributed by atoms with Crippen LogP contribution in [0.5, 0.6) is 11.5 Å². The van der Waals surface area contributed by atoms with E-state index < -0.39 is 69.6 Å². The van der Waals surface area contributed by atoms with Crippen molar-refractivity contribution in [2.45, 2.75) is 59.5 Å². The highest BCUT2D eigenvalue weighted by molar-refractivity contribution is 7.92. The number of nitriles is 2. The number of aryl methyl sites for hydroxylation is 2. The first kappa shape index (κ1) is 73.1. The van der Waals surface area contributed by atoms with Gasteiger partial charge in [-0.15, -0.1) is 47.5 Å². The second kappa shape index (κ2) is 29.6. The number of rotatable bonds is 26. The standard InChI is InChI=1S/2C29H37FN5O6PS2.2ClH/c2*1-21-25-19-24(41-17-3-10-35-14-11-34(12-15-35,13-16-35)9-2-8-31)6-7-27(25)43-29(21)44(39,40)33-28(42(36,37)38)22-4-5-23(20-32)26(30)18-22;;/h2*4-7,18-19,28,33H,2-3,8-17,31H2,1H3;2*1H. The Hall–Kier alpha value is -4.30. The molecular weight excluding hydrogens is 1330 g/mol. The monoisotopic (exact) mass is 1400 g/mol. The minimum Gasteiger partial charge on any atom is -0.809 e. The number of halogens is 4. The van der Waals surface area contributed by atoms with E-state index in [2.05, 4.69) is 0 Å². The molecule has 12 rings (SSSR count). The number of sulfonamides is 2. The van der Waals surface area contributed by atoms with E-state index in [9.17, 15) is 54.3 Å². The maximum Gasteiger partial charge on any atom is 0.251 e. The van der Waals surface area contributed by atoms with Crippen LogP contribution < -0.4 is 50.0 Å². The fraction of sp³-hybridized carbons (Fsp3) is 0.483. The number of thiophene rings is 2. The Kier molecular flexibility index (Phi) is 24.0. The Morgan fingerprint density at radius 3 is 1.13 bits per heavy atom. The summed E-state index contributed by atoms with van der Waals surface area (Å²) in [5, 5.41) is 19.1. The van der Waals surface area contributed by atoms with E-state index in [1.165, 1.54) is 101 Å². The van der Waals surface area contributed by atoms with Crippen molar-refractivity contribution in [3.05, 3.63) is 118 Å². The molecule has 6 saturated heterocycles. The van der Waals surface area contributed by atoms with Crippen molar-refractivity contribution in [2.75, 3.05) is 131 Å². The molecule has 6 fully saturated rings. The Labute approximate surface area is 544 Å². The predicted octanol–water partition coefficient (Wildman–Crippen LogP) is 4.62. The van der Waals surface area contributed by atoms with E-state index in [1.54, 1.807) is 62.4 Å². The summed E-state index contributed by atoms with van der Waals surface area (Å²) in [6.07, 6.45) is 3.95. The minimum atomic E-state index is -5.62. The topological polar surface area (TPSA) is 337 Å². The number of benzene rings is 4. The smallest absolute Gasteiger partial charge is 0.251 e. The van der Waals surface area contributed by atoms with Crippen molar-refractivity contribution in [2.24, 2.45) is 11.5 Å². The average Bonchev–Trinajstić information content (AvgIpc) is 1.40. The Morgan fingerprint density at radius 2 is 0.856 bits per heavy atom. The summed E-state index contributed by atoms with van der Waals surface area (Å²) in [6.45, 7) is 24.6. The Balaban J connectivity index is 0.000000250. The highest BCUT2D eigenvalue weighted by Crippen LogP contribution is 2.47. The number of quaternary nitrogens is 4. The van der Waals surface area contributed by atoms with Gasteiger partial charge in [-0.25, -0.2) is 25.6 Å². The molecule has 4 bridgehead atoms. The van der Waals surface area contributed by atoms with E-state index in [-0.39, 0.29) is 44.4 Å². The Bertz CT molecular complexity index is 3690. The van der Waals surface area contributed by atoms with Crippen molar-refractivity contribution in [1.82, 2.24) is 9.44 Å². The van der Waals surface area contributed by atoms with Crippen molar-refractivity contribution in [3.8, 4) is 23.6 Å². The molecule has 2 aromatic heterocycles. The van der Waals surface area contributed by atoms with Gasteiger partial charge in [0.15, 0.2) is 0 Å². The number of piperazine rings is 6. The van der Waals surface area contributed by atoms with Gasteiger partial charge in [-0.1, -0.05) is 12.1 Å². The molecule has 0 radical (unpaired) electrons. The molecule has 22 nitrogen and oxygen atoms in total. The van der Waals surface area contributed by atoms with Crippen molar-refractivity contribution in [1.29, 1.82) is 10.5 Å². The van der Waals surface area contributed by atoms with Crippen LogP contribution in [-0.2, 0) is 29.2 Å². The first-order valence-corrected chi connectivity index (χ1v) is 37.0. The number of nitrogens with zero attached hydrogens (tertiary/aromatic N) is 6. The van der Waals surface area contributed by atoms with Gasteiger partial charge in [-0.3, -0.25) is 0 Å². The second-order valence-electron chi connectivity index (χ2n) is 23.8. The first-order chi connectivity index (χ1) is 41.6. The number of hydrogen-bond acceptors (Lipinski definition) is 18. The molecule has 0 saturated carbocycles. The van der Waals surface area contributed by atoms with Crippen LogP contribution in [0.1, 0.15) is 70.6 Å². The zero-order valence-corrected chi connectivity index (χ0v) is 56.6. The summed E-state index contributed by atoms with van der Waals surface area (Å²) in [7, 11) is -20.3. The van der Waals surface area contributed by atoms with Gasteiger partial charge in [0, 0.05) is 45.9 Å². The molecule has 0 spiro atoms. The van der Waals surface area contributed by atoms with Crippen LogP contribution in [0.3, 0.4) is 0 Å². The van der Waals surface area contributed by atoms with Crippen LogP contribution in [0, 0.1) is 48.1 Å². The summed E-state index contributed by atoms with van der Waals surface area (Å²) in [4.78, 5) is 48.3. The molecule has 32 heteroatoms. The highest BCUT2D eigenvalue weighted by Gasteiger charge is 2.49. The minimum absolute atomic E-state index is 0. The van der Waals surface area contributed by atoms with Gasteiger partial charge >= 0.3 is 0 Å². The molecule has 4 aromatic carbocycles. The summed E-state index contributed by atoms with van der Waals surface area (Å²) in [5.41, 5.74) is 10.7. The normalized spacial score (nSPS) is 22.1. The summed E-state index contributed by atoms with van der Waals surface area (Å²) in [5.74, 6) is -5.46. The number of nitrogens with two attached hydrogens (primary N) is 2. The molecule has 0 amide bonds. The zero-order chi connectivity index (χ0) is 63.5. The molecular formula is C58H76Cl2F2N10O12P2S4. The number of ether oxygens (including phenoxy) is 2. The van der Waals surface area contributed by atoms with Crippen LogP contribution >= 0.6 is 62.7 Å². The van der Waals surface area contributed by atoms with Gasteiger partial charge in [0.25, 0.3) is 20.0 Å². The van der Waals surface area contributed by atoms with Gasteiger partial charge in [-0.2, -0.15) is 20.0 Å². The number of hydrogen-bond donors (Lipinski definition) is 4. The lowest BCUT2D eigenvalue weighted by molar-refractivity contribution is -1.08. The van der Waals surface area contributed by atoms with Gasteiger partial charge in [0.1, 0.15) is 122 Å². The van der Waals surface area contributed by atoms with Crippen molar-refractivity contribution >= 4 is 103 Å². The maximum absolute atomic E-state index is 14.2. The lowest BCUT2D eigenvalue weighted by atomic mass is 10.1. The van der Waals surface area contributed by atoms with Crippen LogP contribution in [0.25, 0.3) is 20.2 Å². The van der Waals surface area contributed by atoms with Gasteiger partial charge in [-0.05, 0) is 125 Å². The molecule has 90 heavy (non-hydrogen) atoms. The van der Waals surface area contributed by atoms with E-state index in [0.29, 0.717) is 68.1 Å². The molecule has 6 aromatic rings. The van der Waals surface area contributed by atoms with Crippen molar-refractivity contribution in [3.63, 3.8) is 0 Å². The zero-order valence-electron chi connectivity index (χ0n) is 49.9. The van der Waals surface area contributed by atoms with Crippen molar-refractivity contribution < 1.29 is 81.7 Å². The molecule has 6 aliphatic heterocycles. The fourth-order valence-corrected chi connectivity index (χ4v) is 21.5. The third-order valence-electron chi connectivity index (χ3n) is 18.3. The first-order valence-electron chi connectivity index (χ1n) is 29.2. The molecule has 2 unspecified atom stereocenters. The molecule has 8 heterocycles. The van der Waals surface area contributed by atoms with Crippen LogP contribution in [0.2, 0.25) is 0 Å². The third kappa shape index (κ3) is 16.6. The lowest BCUT2D eigenvalue weighted by Gasteiger charge is -2.55. The van der Waals surface area contributed by atoms with Gasteiger partial charge in [0.05, 0.1) is 62.1 Å². The lowest BCUT2D eigenvalue weighted by Crippen LogP contribution is -2.75. The SMILES string of the molecule is Cc1c(S(=O)(=O)NC(c2ccc(C#N)c(F)c2)P(=O)([O-])[O-])sc2ccc(OCCC[N+]34CC[N+](CCCN)(CC3)CC4)cc12.Cc1c(S(=O)(=O)NC(c2ccc(C#N)c(F)c2)P(=O)([O-])[O-])sc2ccc(OCCC[N+]34CC[N+](CCCN)(CC3)CC4)cc12.Cl.Cl. The average molecular weight is 1400 g/mol. The number of fused-ring (bicyclic) bond motifs is 8. The van der Waals surface area contributed by atoms with Gasteiger partial charge in [0.2, 0.25) is 0 Å². The van der Waals surface area contributed by atoms with Crippen LogP contribution in [0.15, 0.2) is 81.2 Å². The van der Waals surface area contributed by atoms with E-state index in [4.69, 9.17) is 31.5 Å². The largest absolute Gasteiger partial charge is 0.809 e. The van der Waals surface area contributed by atoms with E-state index in [1.807, 2.05) is 9.44 Å². The molecule has 492 valence electrons. The summed E-state index contributed by atoms with van der Waals surface area (Å²) in [6, 6.07) is 19.1. The maximum atomic E-state index is 14.2. The third-order valence-corrected chi connectivity index (χ3v) is 27.4. The van der Waals surface area contributed by atoms with E-state index >= 15 is 0 Å². The summed E-state index contributed by atoms with van der Waals surface area (Å²) < 4.78 is 128. The predicted molar refractivity (Wildman–Crippen MR) is 338 cm³/mol. The van der Waals surface area contributed by atoms with Crippen LogP contribution in [-0.4, -0.2) is 166 Å². The fourth-order valence-electron chi connectivity index (χ4n) is 12.9. The molecule has 6 aliphatic rings. The number of nitrogens with one attached hydrogen (secondary N) is 2. The highest BCUT2D eigenvalue weighted by atomic mass is 35.5. The van der Waals surface area contributed by atoms with Crippen LogP contribution in [0.4, 0.5) is 8.78 Å². The molecule has 2 atom stereocenters.